The van der Waals surface area contributed by atoms with E-state index in [-0.39, 0.29) is 17.2 Å². The molecule has 1 atom stereocenters. The number of nitrogens with zero attached hydrogens (tertiary/aromatic N) is 3. The van der Waals surface area contributed by atoms with Crippen molar-refractivity contribution in [2.24, 2.45) is 5.73 Å². The third-order valence-electron chi connectivity index (χ3n) is 6.61. The fraction of sp³-hybridized carbons (Fsp3) is 0.154. The lowest BCUT2D eigenvalue weighted by Crippen LogP contribution is -2.41. The summed E-state index contributed by atoms with van der Waals surface area (Å²) in [6.07, 6.45) is -8.20. The number of rotatable bonds is 5. The zero-order valence-corrected chi connectivity index (χ0v) is 21.2. The average Bonchev–Trinajstić information content (AvgIpc) is 3.37. The lowest BCUT2D eigenvalue weighted by atomic mass is 9.83. The van der Waals surface area contributed by atoms with Crippen LogP contribution in [0.3, 0.4) is 0 Å². The normalized spacial score (nSPS) is 16.5. The van der Waals surface area contributed by atoms with Crippen LogP contribution in [-0.2, 0) is 18.4 Å². The van der Waals surface area contributed by atoms with Crippen LogP contribution in [-0.4, -0.2) is 33.1 Å². The molecule has 0 saturated heterocycles. The molecule has 0 aliphatic carbocycles. The van der Waals surface area contributed by atoms with Gasteiger partial charge in [0.15, 0.2) is 11.4 Å². The van der Waals surface area contributed by atoms with Crippen LogP contribution in [0.25, 0.3) is 22.0 Å². The Morgan fingerprint density at radius 1 is 1.19 bits per heavy atom. The van der Waals surface area contributed by atoms with E-state index in [2.05, 4.69) is 10.4 Å². The minimum Gasteiger partial charge on any atom is -0.366 e. The van der Waals surface area contributed by atoms with Crippen molar-refractivity contribution in [2.45, 2.75) is 24.9 Å². The molecule has 1 aromatic heterocycles. The maximum Gasteiger partial charge on any atom is 0.416 e. The van der Waals surface area contributed by atoms with Crippen LogP contribution in [0.4, 0.5) is 30.7 Å². The second kappa shape index (κ2) is 9.71. The summed E-state index contributed by atoms with van der Waals surface area (Å²) in [6, 6.07) is 5.33. The average molecular weight is 612 g/mol. The number of hydrogen-bond acceptors (Lipinski definition) is 5. The highest BCUT2D eigenvalue weighted by Crippen LogP contribution is 2.48. The van der Waals surface area contributed by atoms with Crippen molar-refractivity contribution in [3.63, 3.8) is 0 Å². The van der Waals surface area contributed by atoms with E-state index >= 15 is 4.39 Å². The molecule has 1 aliphatic rings. The number of nitrogens with two attached hydrogens (primary N) is 1. The molecule has 2 heterocycles. The summed E-state index contributed by atoms with van der Waals surface area (Å²) < 4.78 is 97.9. The Hall–Kier alpha value is -4.68. The maximum atomic E-state index is 15.7. The SMILES string of the molecule is N#Cc1nn(CC(F)F)c2cc(-c3c(F)cc(C(F)(F)F)cc3C(N)=O)c3c(c12)C(=O)NC3(O)c1cc(F)ccc1Cl. The van der Waals surface area contributed by atoms with Crippen LogP contribution < -0.4 is 11.1 Å². The van der Waals surface area contributed by atoms with Gasteiger partial charge >= 0.3 is 6.18 Å². The van der Waals surface area contributed by atoms with Crippen molar-refractivity contribution in [1.29, 1.82) is 5.26 Å². The lowest BCUT2D eigenvalue weighted by Gasteiger charge is -2.28. The Morgan fingerprint density at radius 3 is 2.48 bits per heavy atom. The van der Waals surface area contributed by atoms with Crippen molar-refractivity contribution in [3.05, 3.63) is 86.6 Å². The number of alkyl halides is 5. The molecule has 0 bridgehead atoms. The molecule has 0 spiro atoms. The molecule has 0 fully saturated rings. The summed E-state index contributed by atoms with van der Waals surface area (Å²) in [6.45, 7) is -1.14. The lowest BCUT2D eigenvalue weighted by molar-refractivity contribution is -0.137. The molecule has 4 N–H and O–H groups in total. The number of benzene rings is 3. The van der Waals surface area contributed by atoms with Crippen molar-refractivity contribution in [1.82, 2.24) is 15.1 Å². The fourth-order valence-electron chi connectivity index (χ4n) is 4.99. The van der Waals surface area contributed by atoms with E-state index in [1.165, 1.54) is 0 Å². The van der Waals surface area contributed by atoms with Crippen LogP contribution in [0.5, 0.6) is 0 Å². The number of halogens is 8. The van der Waals surface area contributed by atoms with Crippen molar-refractivity contribution >= 4 is 34.3 Å². The highest BCUT2D eigenvalue weighted by Gasteiger charge is 2.49. The summed E-state index contributed by atoms with van der Waals surface area (Å²) in [7, 11) is 0. The second-order valence-electron chi connectivity index (χ2n) is 9.13. The van der Waals surface area contributed by atoms with Crippen LogP contribution >= 0.6 is 11.6 Å². The van der Waals surface area contributed by atoms with Crippen LogP contribution in [0.1, 0.15) is 43.1 Å². The Kier molecular flexibility index (Phi) is 6.66. The molecular formula is C26H13ClF7N5O3. The van der Waals surface area contributed by atoms with Crippen LogP contribution in [0.2, 0.25) is 5.02 Å². The number of amides is 2. The third kappa shape index (κ3) is 4.39. The van der Waals surface area contributed by atoms with E-state index in [1.807, 2.05) is 0 Å². The highest BCUT2D eigenvalue weighted by atomic mass is 35.5. The number of primary amides is 1. The molecule has 42 heavy (non-hydrogen) atoms. The van der Waals surface area contributed by atoms with Gasteiger partial charge in [0.2, 0.25) is 5.91 Å². The molecule has 2 amide bonds. The van der Waals surface area contributed by atoms with Gasteiger partial charge in [-0.2, -0.15) is 23.5 Å². The van der Waals surface area contributed by atoms with Gasteiger partial charge in [-0.25, -0.2) is 17.6 Å². The van der Waals surface area contributed by atoms with Gasteiger partial charge in [-0.15, -0.1) is 0 Å². The van der Waals surface area contributed by atoms with Crippen molar-refractivity contribution in [2.75, 3.05) is 0 Å². The number of fused-ring (bicyclic) bond motifs is 3. The largest absolute Gasteiger partial charge is 0.416 e. The Morgan fingerprint density at radius 2 is 1.88 bits per heavy atom. The standard InChI is InChI=1S/C26H13ClF7N5O3/c27-14-2-1-10(28)5-13(14)25(42)22-11(19-12(23(36)40)3-9(4-15(19)29)26(32,33)34)6-17-20(21(22)24(41)37-25)16(7-35)38-39(17)8-18(30)31/h1-6,18,42H,8H2,(H2,36,40)(H,37,41). The monoisotopic (exact) mass is 611 g/mol. The molecule has 216 valence electrons. The summed E-state index contributed by atoms with van der Waals surface area (Å²) >= 11 is 6.20. The quantitative estimate of drug-likeness (QED) is 0.278. The maximum absolute atomic E-state index is 15.7. The molecule has 16 heteroatoms. The van der Waals surface area contributed by atoms with Gasteiger partial charge in [-0.3, -0.25) is 14.3 Å². The van der Waals surface area contributed by atoms with Gasteiger partial charge in [0.25, 0.3) is 12.3 Å². The van der Waals surface area contributed by atoms with Crippen molar-refractivity contribution in [3.8, 4) is 17.2 Å². The van der Waals surface area contributed by atoms with Gasteiger partial charge < -0.3 is 16.2 Å². The van der Waals surface area contributed by atoms with E-state index in [1.54, 1.807) is 6.07 Å². The number of aliphatic hydroxyl groups is 1. The van der Waals surface area contributed by atoms with E-state index in [0.29, 0.717) is 10.7 Å². The molecule has 3 aromatic carbocycles. The minimum atomic E-state index is -5.14. The number of hydrogen-bond donors (Lipinski definition) is 3. The summed E-state index contributed by atoms with van der Waals surface area (Å²) in [5, 5.41) is 26.7. The summed E-state index contributed by atoms with van der Waals surface area (Å²) in [5.41, 5.74) is -4.68. The summed E-state index contributed by atoms with van der Waals surface area (Å²) in [5.74, 6) is -5.42. The molecule has 1 aliphatic heterocycles. The second-order valence-corrected chi connectivity index (χ2v) is 9.54. The van der Waals surface area contributed by atoms with Gasteiger partial charge in [0.1, 0.15) is 24.2 Å². The predicted octanol–water partition coefficient (Wildman–Crippen LogP) is 4.83. The zero-order valence-electron chi connectivity index (χ0n) is 20.5. The fourth-order valence-corrected chi connectivity index (χ4v) is 5.24. The van der Waals surface area contributed by atoms with E-state index in [4.69, 9.17) is 17.3 Å². The van der Waals surface area contributed by atoms with Crippen LogP contribution in [0, 0.1) is 23.0 Å². The molecule has 4 aromatic rings. The molecule has 0 saturated carbocycles. The molecular weight excluding hydrogens is 599 g/mol. The molecule has 1 unspecified atom stereocenters. The number of nitrogens with one attached hydrogen (secondary N) is 1. The Bertz CT molecular complexity index is 1880. The first-order valence-electron chi connectivity index (χ1n) is 11.6. The first kappa shape index (κ1) is 28.8. The topological polar surface area (TPSA) is 134 Å². The zero-order chi connectivity index (χ0) is 30.9. The van der Waals surface area contributed by atoms with E-state index < -0.39 is 104 Å². The van der Waals surface area contributed by atoms with Gasteiger partial charge in [0, 0.05) is 21.7 Å². The van der Waals surface area contributed by atoms with E-state index in [9.17, 15) is 46.3 Å². The minimum absolute atomic E-state index is 0.0218. The molecule has 0 radical (unpaired) electrons. The van der Waals surface area contributed by atoms with Gasteiger partial charge in [0.05, 0.1) is 27.6 Å². The van der Waals surface area contributed by atoms with Gasteiger partial charge in [-0.1, -0.05) is 11.6 Å². The number of aromatic nitrogens is 2. The number of nitriles is 1. The van der Waals surface area contributed by atoms with Crippen LogP contribution in [0.15, 0.2) is 36.4 Å². The Labute approximate surface area is 234 Å². The first-order valence-corrected chi connectivity index (χ1v) is 11.9. The Balaban J connectivity index is 2.02. The molecule has 5 rings (SSSR count). The predicted molar refractivity (Wildman–Crippen MR) is 131 cm³/mol. The smallest absolute Gasteiger partial charge is 0.366 e. The van der Waals surface area contributed by atoms with Crippen molar-refractivity contribution < 1.29 is 45.4 Å². The van der Waals surface area contributed by atoms with Gasteiger partial charge in [-0.05, 0) is 42.0 Å². The first-order chi connectivity index (χ1) is 19.6. The molecule has 8 nitrogen and oxygen atoms in total. The third-order valence-corrected chi connectivity index (χ3v) is 6.94. The highest BCUT2D eigenvalue weighted by molar-refractivity contribution is 6.31. The number of carbonyl (C=O) groups is 2. The summed E-state index contributed by atoms with van der Waals surface area (Å²) in [4.78, 5) is 25.8. The van der Waals surface area contributed by atoms with E-state index in [0.717, 1.165) is 18.2 Å². The number of carbonyl (C=O) groups excluding carboxylic acids is 2.